The van der Waals surface area contributed by atoms with Crippen LogP contribution in [-0.4, -0.2) is 26.8 Å². The van der Waals surface area contributed by atoms with Crippen LogP contribution in [0.4, 0.5) is 0 Å². The second kappa shape index (κ2) is 5.48. The van der Waals surface area contributed by atoms with Crippen LogP contribution in [0.3, 0.4) is 0 Å². The van der Waals surface area contributed by atoms with Crippen molar-refractivity contribution in [3.05, 3.63) is 23.8 Å². The van der Waals surface area contributed by atoms with Crippen molar-refractivity contribution in [1.82, 2.24) is 0 Å². The molecule has 0 aromatic heterocycles. The number of ether oxygens (including phenoxy) is 4. The molecule has 124 valence electrons. The zero-order chi connectivity index (χ0) is 16.8. The average molecular weight is 318 g/mol. The summed E-state index contributed by atoms with van der Waals surface area (Å²) < 4.78 is 22.4. The second-order valence-corrected chi connectivity index (χ2v) is 6.48. The van der Waals surface area contributed by atoms with E-state index < -0.39 is 0 Å². The molecule has 2 heterocycles. The minimum absolute atomic E-state index is 0.277. The maximum absolute atomic E-state index is 12.5. The number of fused-ring (bicyclic) bond motifs is 2. The predicted molar refractivity (Wildman–Crippen MR) is 85.6 cm³/mol. The molecule has 0 N–H and O–H groups in total. The number of rotatable bonds is 4. The normalized spacial score (nSPS) is 19.3. The van der Waals surface area contributed by atoms with Gasteiger partial charge in [-0.3, -0.25) is 4.79 Å². The summed E-state index contributed by atoms with van der Waals surface area (Å²) in [7, 11) is 3.18. The van der Waals surface area contributed by atoms with Crippen LogP contribution < -0.4 is 18.9 Å². The first-order valence-corrected chi connectivity index (χ1v) is 7.72. The van der Waals surface area contributed by atoms with Crippen molar-refractivity contribution in [2.45, 2.75) is 26.7 Å². The zero-order valence-corrected chi connectivity index (χ0v) is 14.0. The number of carbonyl (C=O) groups excluding carboxylic acids is 1. The highest BCUT2D eigenvalue weighted by Gasteiger charge is 2.43. The summed E-state index contributed by atoms with van der Waals surface area (Å²) >= 11 is 0. The largest absolute Gasteiger partial charge is 0.496 e. The van der Waals surface area contributed by atoms with Crippen molar-refractivity contribution < 1.29 is 23.7 Å². The Morgan fingerprint density at radius 3 is 2.48 bits per heavy atom. The number of hydrogen-bond acceptors (Lipinski definition) is 5. The Morgan fingerprint density at radius 2 is 1.87 bits per heavy atom. The average Bonchev–Trinajstić information content (AvgIpc) is 3.00. The maximum Gasteiger partial charge on any atom is 0.315 e. The Labute approximate surface area is 136 Å². The summed E-state index contributed by atoms with van der Waals surface area (Å²) in [5.74, 6) is 1.68. The molecule has 0 fully saturated rings. The summed E-state index contributed by atoms with van der Waals surface area (Å²) in [5, 5.41) is 0. The number of methoxy groups -OCH3 is 2. The molecular formula is C18H22O5. The first-order chi connectivity index (χ1) is 10.9. The van der Waals surface area contributed by atoms with Crippen molar-refractivity contribution in [3.8, 4) is 23.0 Å². The molecule has 0 spiro atoms. The lowest BCUT2D eigenvalue weighted by Crippen LogP contribution is -2.37. The molecule has 2 aliphatic heterocycles. The predicted octanol–water partition coefficient (Wildman–Crippen LogP) is 2.93. The first kappa shape index (κ1) is 15.7. The van der Waals surface area contributed by atoms with Crippen LogP contribution in [-0.2, 0) is 17.6 Å². The fraction of sp³-hybridized carbons (Fsp3) is 0.500. The third-order valence-corrected chi connectivity index (χ3v) is 4.84. The van der Waals surface area contributed by atoms with Crippen LogP contribution in [0.25, 0.3) is 0 Å². The summed E-state index contributed by atoms with van der Waals surface area (Å²) in [5.41, 5.74) is 1.48. The third-order valence-electron chi connectivity index (χ3n) is 4.84. The molecular weight excluding hydrogens is 296 g/mol. The van der Waals surface area contributed by atoms with Crippen LogP contribution in [0.2, 0.25) is 0 Å². The first-order valence-electron chi connectivity index (χ1n) is 7.72. The molecule has 23 heavy (non-hydrogen) atoms. The van der Waals surface area contributed by atoms with E-state index in [2.05, 4.69) is 6.58 Å². The van der Waals surface area contributed by atoms with E-state index in [1.165, 1.54) is 0 Å². The highest BCUT2D eigenvalue weighted by molar-refractivity contribution is 5.83. The highest BCUT2D eigenvalue weighted by Crippen LogP contribution is 2.54. The highest BCUT2D eigenvalue weighted by atomic mass is 16.6. The van der Waals surface area contributed by atoms with Crippen molar-refractivity contribution >= 4 is 5.97 Å². The molecule has 0 aliphatic carbocycles. The Bertz CT molecular complexity index is 675. The standard InChI is InChI=1S/C18H22O5/c1-6-18(2,3)12-9-11-13(20-4)10-7-8-22-14(10)16(21-5)15(11)23-17(12)19/h6,12H,1,7-9H2,2-5H3. The number of esters is 1. The molecule has 1 aromatic rings. The van der Waals surface area contributed by atoms with Gasteiger partial charge >= 0.3 is 5.97 Å². The van der Waals surface area contributed by atoms with Gasteiger partial charge in [0.2, 0.25) is 5.75 Å². The Kier molecular flexibility index (Phi) is 3.74. The van der Waals surface area contributed by atoms with Crippen molar-refractivity contribution in [2.24, 2.45) is 11.3 Å². The van der Waals surface area contributed by atoms with E-state index in [0.29, 0.717) is 30.3 Å². The van der Waals surface area contributed by atoms with Gasteiger partial charge in [0.05, 0.1) is 26.7 Å². The van der Waals surface area contributed by atoms with E-state index in [4.69, 9.17) is 18.9 Å². The van der Waals surface area contributed by atoms with Gasteiger partial charge in [-0.1, -0.05) is 19.9 Å². The van der Waals surface area contributed by atoms with E-state index in [1.807, 2.05) is 13.8 Å². The summed E-state index contributed by atoms with van der Waals surface area (Å²) in [4.78, 5) is 12.5. The quantitative estimate of drug-likeness (QED) is 0.485. The molecule has 0 amide bonds. The SMILES string of the molecule is C=CC(C)(C)C1Cc2c(OC)c3c(c(OC)c2OC1=O)OCC3. The number of benzene rings is 1. The smallest absolute Gasteiger partial charge is 0.315 e. The van der Waals surface area contributed by atoms with Crippen molar-refractivity contribution in [2.75, 3.05) is 20.8 Å². The van der Waals surface area contributed by atoms with Gasteiger partial charge in [-0.15, -0.1) is 6.58 Å². The van der Waals surface area contributed by atoms with Crippen LogP contribution >= 0.6 is 0 Å². The van der Waals surface area contributed by atoms with Crippen LogP contribution in [0, 0.1) is 11.3 Å². The Morgan fingerprint density at radius 1 is 1.17 bits per heavy atom. The van der Waals surface area contributed by atoms with Gasteiger partial charge in [0.1, 0.15) is 5.75 Å². The zero-order valence-electron chi connectivity index (χ0n) is 14.0. The van der Waals surface area contributed by atoms with Crippen LogP contribution in [0.15, 0.2) is 12.7 Å². The number of hydrogen-bond donors (Lipinski definition) is 0. The summed E-state index contributed by atoms with van der Waals surface area (Å²) in [6.07, 6.45) is 3.08. The van der Waals surface area contributed by atoms with Crippen LogP contribution in [0.5, 0.6) is 23.0 Å². The van der Waals surface area contributed by atoms with Crippen molar-refractivity contribution in [3.63, 3.8) is 0 Å². The number of allylic oxidation sites excluding steroid dienone is 1. The topological polar surface area (TPSA) is 54.0 Å². The molecule has 0 saturated carbocycles. The second-order valence-electron chi connectivity index (χ2n) is 6.48. The van der Waals surface area contributed by atoms with E-state index in [1.54, 1.807) is 20.3 Å². The maximum atomic E-state index is 12.5. The lowest BCUT2D eigenvalue weighted by atomic mass is 9.74. The molecule has 3 rings (SSSR count). The molecule has 5 nitrogen and oxygen atoms in total. The van der Waals surface area contributed by atoms with Crippen LogP contribution in [0.1, 0.15) is 25.0 Å². The van der Waals surface area contributed by atoms with Gasteiger partial charge in [0, 0.05) is 17.5 Å². The molecule has 2 aliphatic rings. The molecule has 0 saturated heterocycles. The van der Waals surface area contributed by atoms with Gasteiger partial charge in [0.15, 0.2) is 11.5 Å². The molecule has 5 heteroatoms. The third kappa shape index (κ3) is 2.26. The molecule has 1 unspecified atom stereocenters. The van der Waals surface area contributed by atoms with Gasteiger partial charge in [0.25, 0.3) is 0 Å². The van der Waals surface area contributed by atoms with E-state index in [-0.39, 0.29) is 17.3 Å². The Balaban J connectivity index is 2.19. The van der Waals surface area contributed by atoms with Gasteiger partial charge in [-0.2, -0.15) is 0 Å². The fourth-order valence-electron chi connectivity index (χ4n) is 3.29. The number of carbonyl (C=O) groups is 1. The van der Waals surface area contributed by atoms with E-state index in [0.717, 1.165) is 23.3 Å². The minimum atomic E-state index is -0.372. The Hall–Kier alpha value is -2.17. The lowest BCUT2D eigenvalue weighted by molar-refractivity contribution is -0.143. The minimum Gasteiger partial charge on any atom is -0.496 e. The van der Waals surface area contributed by atoms with Gasteiger partial charge in [-0.05, 0) is 11.8 Å². The van der Waals surface area contributed by atoms with Gasteiger partial charge in [-0.25, -0.2) is 0 Å². The van der Waals surface area contributed by atoms with E-state index >= 15 is 0 Å². The fourth-order valence-corrected chi connectivity index (χ4v) is 3.29. The van der Waals surface area contributed by atoms with Crippen molar-refractivity contribution in [1.29, 1.82) is 0 Å². The van der Waals surface area contributed by atoms with Gasteiger partial charge < -0.3 is 18.9 Å². The summed E-state index contributed by atoms with van der Waals surface area (Å²) in [6, 6.07) is 0. The molecule has 1 atom stereocenters. The van der Waals surface area contributed by atoms with E-state index in [9.17, 15) is 4.79 Å². The molecule has 0 bridgehead atoms. The molecule has 0 radical (unpaired) electrons. The summed E-state index contributed by atoms with van der Waals surface area (Å²) in [6.45, 7) is 8.38. The lowest BCUT2D eigenvalue weighted by Gasteiger charge is -2.34. The monoisotopic (exact) mass is 318 g/mol. The molecule has 1 aromatic carbocycles.